The zero-order chi connectivity index (χ0) is 100. The number of likely N-dealkylation sites (tertiary alicyclic amines) is 1. The molecule has 2 aromatic carbocycles. The molecule has 14 atom stereocenters. The van der Waals surface area contributed by atoms with Crippen LogP contribution < -0.4 is 119 Å². The van der Waals surface area contributed by atoms with Crippen molar-refractivity contribution >= 4 is 166 Å². The van der Waals surface area contributed by atoms with Crippen molar-refractivity contribution in [2.24, 2.45) is 34.6 Å². The Hall–Kier alpha value is -12.7. The maximum Gasteiger partial charge on any atom is 0.305 e. The highest BCUT2D eigenvalue weighted by Crippen LogP contribution is 2.27. The van der Waals surface area contributed by atoms with Crippen LogP contribution in [0.15, 0.2) is 48.5 Å². The Kier molecular flexibility index (Phi) is 52.7. The van der Waals surface area contributed by atoms with Crippen molar-refractivity contribution in [1.29, 1.82) is 10.8 Å². The van der Waals surface area contributed by atoms with Gasteiger partial charge >= 0.3 is 17.9 Å². The fourth-order valence-electron chi connectivity index (χ4n) is 13.1. The summed E-state index contributed by atoms with van der Waals surface area (Å²) < 4.78 is 0. The number of unbranched alkanes of at least 4 members (excludes halogenated alkanes) is 1. The number of nitrogens with zero attached hydrogens (tertiary/aromatic N) is 1. The third kappa shape index (κ3) is 45.2. The molecular formula is C82H129N25O24S3. The van der Waals surface area contributed by atoms with Gasteiger partial charge in [0, 0.05) is 79.6 Å². The minimum atomic E-state index is -2.04. The maximum absolute atomic E-state index is 14.7. The van der Waals surface area contributed by atoms with Crippen LogP contribution in [0.25, 0.3) is 0 Å². The van der Waals surface area contributed by atoms with Gasteiger partial charge < -0.3 is 144 Å². The van der Waals surface area contributed by atoms with Crippen LogP contribution >= 0.6 is 35.3 Å². The van der Waals surface area contributed by atoms with Gasteiger partial charge in [0.15, 0.2) is 11.9 Å². The highest BCUT2D eigenvalue weighted by Gasteiger charge is 2.41. The molecule has 52 heteroatoms. The number of aliphatic carboxylic acids is 3. The molecule has 1 heterocycles. The lowest BCUT2D eigenvalue weighted by Crippen LogP contribution is -2.60. The fourth-order valence-corrected chi connectivity index (χ4v) is 16.0. The van der Waals surface area contributed by atoms with Crippen LogP contribution in [0, 0.1) is 16.7 Å². The van der Waals surface area contributed by atoms with Gasteiger partial charge in [-0.2, -0.15) is 35.3 Å². The molecule has 744 valence electrons. The van der Waals surface area contributed by atoms with E-state index in [-0.39, 0.29) is 111 Å². The summed E-state index contributed by atoms with van der Waals surface area (Å²) >= 11 is 3.17. The Morgan fingerprint density at radius 3 is 1.42 bits per heavy atom. The van der Waals surface area contributed by atoms with Gasteiger partial charge in [-0.25, -0.2) is 0 Å². The topological polar surface area (TPSA) is 808 Å². The van der Waals surface area contributed by atoms with Crippen molar-refractivity contribution in [2.75, 3.05) is 63.6 Å². The molecule has 14 unspecified atom stereocenters. The molecule has 0 bridgehead atoms. The number of nitrogens with one attached hydrogen (secondary N) is 19. The van der Waals surface area contributed by atoms with E-state index in [1.165, 1.54) is 25.8 Å². The number of guanidine groups is 2. The number of carboxylic acids is 3. The zero-order valence-electron chi connectivity index (χ0n) is 75.6. The van der Waals surface area contributed by atoms with Crippen LogP contribution in [0.3, 0.4) is 0 Å². The summed E-state index contributed by atoms with van der Waals surface area (Å²) in [5.41, 5.74) is 29.8. The average molecular weight is 1950 g/mol. The fraction of sp³-hybridized carbons (Fsp3) is 0.585. The molecule has 1 fully saturated rings. The molecule has 1 aliphatic heterocycles. The van der Waals surface area contributed by atoms with E-state index in [0.29, 0.717) is 48.1 Å². The van der Waals surface area contributed by atoms with E-state index < -0.39 is 248 Å². The predicted octanol–water partition coefficient (Wildman–Crippen LogP) is -7.97. The Bertz CT molecular complexity index is 4390. The molecule has 49 nitrogen and oxygen atoms in total. The molecule has 0 aliphatic carbocycles. The highest BCUT2D eigenvalue weighted by atomic mass is 32.2. The first-order valence-corrected chi connectivity index (χ1v) is 46.4. The van der Waals surface area contributed by atoms with Crippen LogP contribution in [-0.2, 0) is 120 Å². The largest absolute Gasteiger partial charge is 0.481 e. The summed E-state index contributed by atoms with van der Waals surface area (Å²) in [7, 11) is 1.28. The summed E-state index contributed by atoms with van der Waals surface area (Å²) in [5, 5.41) is 97.0. The Morgan fingerprint density at radius 1 is 0.463 bits per heavy atom. The number of carbonyl (C=O) groups excluding carboxylic acids is 17. The standard InChI is InChI=1S/C82H129N25O24S3/c1-42(2)25-54(100-68(119)45(6)97-71(122)51(19-20-64(112)113)99-73(124)52(90-7)31-65(114)115)75(126)105-58(70(121)94-33-63(85)111)38-132-35-47-26-48(28-49(27-47)37-134-40-60(106-74(125)53(95-41-109)30-62(84)110)80(131)107-24-14-18-61(107)79(130)96-43(3)4)36-133-39-59(104-67(118)44(5)83)78(129)103-57(34-108)77(128)102-56(32-66(116)117)76(127)98-50(17-13-23-93-82(88)89)72(123)101-55(29-46-15-9-8-10-16-46)69(120)91-21-11-12-22-92-81(86)87/h8-10,15-16,26-28,41-45,50-61,90,108H,11-14,17-25,29-40,83H2,1-7H3,(H2,84,110)(H2,85,111)(H,91,120)(H,94,121)(H,95,109)(H,96,130)(H,97,122)(H,98,127)(H,99,124)(H,100,119)(H,101,123)(H,102,128)(H,103,129)(H,104,118)(H,105,126)(H,106,125)(H,112,113)(H,114,115)(H,116,117)(H4,86,87,92)(H4,88,89,93). The number of thioether (sulfide) groups is 3. The number of likely N-dealkylation sites (N-methyl/N-ethyl adjacent to an activating group) is 1. The van der Waals surface area contributed by atoms with Crippen molar-refractivity contribution in [1.82, 2.24) is 95.3 Å². The van der Waals surface area contributed by atoms with Gasteiger partial charge in [-0.05, 0) is 114 Å². The quantitative estimate of drug-likeness (QED) is 0.0127. The second-order valence-electron chi connectivity index (χ2n) is 32.1. The number of hydrogen-bond donors (Lipinski definition) is 28. The van der Waals surface area contributed by atoms with Crippen molar-refractivity contribution in [2.45, 2.75) is 233 Å². The minimum absolute atomic E-state index is 0.0125. The number of aliphatic hydroxyl groups excluding tert-OH is 1. The van der Waals surface area contributed by atoms with Crippen molar-refractivity contribution in [3.8, 4) is 0 Å². The molecule has 2 aromatic rings. The van der Waals surface area contributed by atoms with Crippen molar-refractivity contribution in [3.05, 3.63) is 70.8 Å². The Balaban J connectivity index is 2.13. The number of carbonyl (C=O) groups is 20. The zero-order valence-corrected chi connectivity index (χ0v) is 78.1. The number of hydrogen-bond acceptors (Lipinski definition) is 28. The first-order chi connectivity index (χ1) is 63.2. The van der Waals surface area contributed by atoms with Crippen LogP contribution in [0.2, 0.25) is 0 Å². The third-order valence-electron chi connectivity index (χ3n) is 19.8. The smallest absolute Gasteiger partial charge is 0.305 e. The average Bonchev–Trinajstić information content (AvgIpc) is 1.67. The molecule has 0 saturated carbocycles. The minimum Gasteiger partial charge on any atom is -0.481 e. The molecule has 134 heavy (non-hydrogen) atoms. The van der Waals surface area contributed by atoms with Gasteiger partial charge in [-0.1, -0.05) is 62.4 Å². The van der Waals surface area contributed by atoms with Gasteiger partial charge in [0.25, 0.3) is 0 Å². The lowest BCUT2D eigenvalue weighted by Gasteiger charge is -2.30. The van der Waals surface area contributed by atoms with Crippen molar-refractivity contribution < 1.29 is 116 Å². The van der Waals surface area contributed by atoms with E-state index >= 15 is 0 Å². The maximum atomic E-state index is 14.7. The summed E-state index contributed by atoms with van der Waals surface area (Å²) in [4.78, 5) is 269. The highest BCUT2D eigenvalue weighted by molar-refractivity contribution is 7.99. The van der Waals surface area contributed by atoms with Gasteiger partial charge in [0.05, 0.1) is 44.5 Å². The summed E-state index contributed by atoms with van der Waals surface area (Å²) in [6.45, 7) is 8.00. The molecule has 0 spiro atoms. The van der Waals surface area contributed by atoms with E-state index in [9.17, 15) is 116 Å². The molecule has 3 rings (SSSR count). The first kappa shape index (κ1) is 115. The third-order valence-corrected chi connectivity index (χ3v) is 23.1. The lowest BCUT2D eigenvalue weighted by atomic mass is 10.0. The van der Waals surface area contributed by atoms with E-state index in [4.69, 9.17) is 39.5 Å². The van der Waals surface area contributed by atoms with Gasteiger partial charge in [-0.15, -0.1) is 0 Å². The van der Waals surface area contributed by atoms with Gasteiger partial charge in [0.2, 0.25) is 101 Å². The Morgan fingerprint density at radius 2 is 0.903 bits per heavy atom. The number of benzene rings is 2. The number of nitrogens with two attached hydrogens (primary N) is 5. The van der Waals surface area contributed by atoms with Crippen LogP contribution in [0.5, 0.6) is 0 Å². The molecule has 0 radical (unpaired) electrons. The van der Waals surface area contributed by atoms with Crippen LogP contribution in [0.4, 0.5) is 0 Å². The van der Waals surface area contributed by atoms with Gasteiger partial charge in [0.1, 0.15) is 72.5 Å². The number of rotatable bonds is 65. The van der Waals surface area contributed by atoms with Crippen LogP contribution in [-0.4, -0.2) is 310 Å². The van der Waals surface area contributed by atoms with Crippen LogP contribution in [0.1, 0.15) is 141 Å². The first-order valence-electron chi connectivity index (χ1n) is 43.0. The Labute approximate surface area is 786 Å². The summed E-state index contributed by atoms with van der Waals surface area (Å²) in [6.07, 6.45) is -2.24. The summed E-state index contributed by atoms with van der Waals surface area (Å²) in [5.74, 6) is -21.4. The molecule has 1 saturated heterocycles. The number of primary amides is 2. The van der Waals surface area contributed by atoms with Gasteiger partial charge in [-0.3, -0.25) is 107 Å². The monoisotopic (exact) mass is 1940 g/mol. The molecule has 33 N–H and O–H groups in total. The lowest BCUT2D eigenvalue weighted by molar-refractivity contribution is -0.142. The summed E-state index contributed by atoms with van der Waals surface area (Å²) in [6, 6.07) is -7.70. The van der Waals surface area contributed by atoms with E-state index in [1.807, 2.05) is 0 Å². The normalized spacial score (nSPS) is 15.1. The van der Waals surface area contributed by atoms with E-state index in [2.05, 4.69) is 90.4 Å². The molecule has 1 aliphatic rings. The van der Waals surface area contributed by atoms with Crippen molar-refractivity contribution in [3.63, 3.8) is 0 Å². The number of carboxylic acid groups (broad SMARTS) is 3. The molecule has 0 aromatic heterocycles. The molecular weight excluding hydrogens is 1820 g/mol. The molecule has 17 amide bonds. The second kappa shape index (κ2) is 61.2. The van der Waals surface area contributed by atoms with E-state index in [0.717, 1.165) is 35.3 Å². The second-order valence-corrected chi connectivity index (χ2v) is 35.2. The SMILES string of the molecule is CNC(CC(=O)O)C(=O)NC(CCC(=O)O)C(=O)NC(C)C(=O)NC(CC(C)C)C(=O)NC(CSCc1cc(CSCC(NC(=O)C(C)N)C(=O)NC(CO)C(=O)NC(CC(=O)O)C(=O)NC(CCCNC(=N)N)C(=O)NC(Cc2ccccc2)C(=O)NCCCCNC(=N)N)cc(CSCC(NC(=O)C(CC(N)=O)NC=O)C(=O)N2CCCC2C(=O)NC(C)C)c1)C(=O)NCC(N)=O. The predicted molar refractivity (Wildman–Crippen MR) is 493 cm³/mol. The number of aliphatic hydroxyl groups is 1. The number of amides is 17. The van der Waals surface area contributed by atoms with E-state index in [1.54, 1.807) is 76.2 Å².